The summed E-state index contributed by atoms with van der Waals surface area (Å²) in [7, 11) is 0. The third-order valence-corrected chi connectivity index (χ3v) is 3.01. The van der Waals surface area contributed by atoms with E-state index >= 15 is 0 Å². The molecule has 1 nitrogen and oxygen atoms in total. The minimum atomic E-state index is 0.292. The SMILES string of the molecule is CC=C(C)CCC1(CCCC)CO1. The van der Waals surface area contributed by atoms with Crippen molar-refractivity contribution in [2.75, 3.05) is 6.61 Å². The van der Waals surface area contributed by atoms with Crippen molar-refractivity contribution < 1.29 is 4.74 Å². The molecule has 1 heteroatoms. The molecule has 1 saturated heterocycles. The van der Waals surface area contributed by atoms with Gasteiger partial charge >= 0.3 is 0 Å². The van der Waals surface area contributed by atoms with Crippen molar-refractivity contribution in [3.8, 4) is 0 Å². The maximum absolute atomic E-state index is 5.57. The minimum absolute atomic E-state index is 0.292. The van der Waals surface area contributed by atoms with Crippen molar-refractivity contribution >= 4 is 0 Å². The summed E-state index contributed by atoms with van der Waals surface area (Å²) in [6.07, 6.45) is 8.50. The van der Waals surface area contributed by atoms with Crippen molar-refractivity contribution in [1.29, 1.82) is 0 Å². The summed E-state index contributed by atoms with van der Waals surface area (Å²) in [5.74, 6) is 0. The van der Waals surface area contributed by atoms with Gasteiger partial charge in [-0.05, 0) is 33.1 Å². The highest BCUT2D eigenvalue weighted by atomic mass is 16.6. The largest absolute Gasteiger partial charge is 0.370 e. The van der Waals surface area contributed by atoms with Gasteiger partial charge in [-0.15, -0.1) is 0 Å². The van der Waals surface area contributed by atoms with Crippen molar-refractivity contribution in [3.05, 3.63) is 11.6 Å². The molecule has 0 aromatic rings. The molecular weight excluding hydrogens is 160 g/mol. The molecule has 1 aliphatic rings. The van der Waals surface area contributed by atoms with E-state index in [0.717, 1.165) is 6.61 Å². The molecule has 1 rings (SSSR count). The van der Waals surface area contributed by atoms with Crippen LogP contribution in [0.25, 0.3) is 0 Å². The number of unbranched alkanes of at least 4 members (excludes halogenated alkanes) is 1. The Morgan fingerprint density at radius 2 is 2.15 bits per heavy atom. The summed E-state index contributed by atoms with van der Waals surface area (Å²) in [6, 6.07) is 0. The second-order valence-electron chi connectivity index (χ2n) is 4.21. The maximum Gasteiger partial charge on any atom is 0.0919 e. The van der Waals surface area contributed by atoms with Crippen LogP contribution in [0.15, 0.2) is 11.6 Å². The van der Waals surface area contributed by atoms with Crippen LogP contribution in [0.5, 0.6) is 0 Å². The Labute approximate surface area is 82.2 Å². The molecule has 1 unspecified atom stereocenters. The highest BCUT2D eigenvalue weighted by molar-refractivity contribution is 5.01. The van der Waals surface area contributed by atoms with Gasteiger partial charge in [-0.25, -0.2) is 0 Å². The predicted molar refractivity (Wildman–Crippen MR) is 56.9 cm³/mol. The normalized spacial score (nSPS) is 27.8. The lowest BCUT2D eigenvalue weighted by Gasteiger charge is -2.10. The first-order valence-electron chi connectivity index (χ1n) is 5.48. The Balaban J connectivity index is 2.19. The highest BCUT2D eigenvalue weighted by Gasteiger charge is 2.42. The van der Waals surface area contributed by atoms with E-state index < -0.39 is 0 Å². The molecule has 0 bridgehead atoms. The van der Waals surface area contributed by atoms with Crippen LogP contribution < -0.4 is 0 Å². The molecule has 0 aliphatic carbocycles. The first-order valence-corrected chi connectivity index (χ1v) is 5.48. The van der Waals surface area contributed by atoms with Crippen molar-refractivity contribution in [2.24, 2.45) is 0 Å². The van der Waals surface area contributed by atoms with Crippen LogP contribution in [0.1, 0.15) is 52.9 Å². The summed E-state index contributed by atoms with van der Waals surface area (Å²) in [5, 5.41) is 0. The van der Waals surface area contributed by atoms with Crippen molar-refractivity contribution in [2.45, 2.75) is 58.5 Å². The third kappa shape index (κ3) is 3.51. The molecule has 1 atom stereocenters. The van der Waals surface area contributed by atoms with Crippen molar-refractivity contribution in [1.82, 2.24) is 0 Å². The van der Waals surface area contributed by atoms with Gasteiger partial charge in [0.25, 0.3) is 0 Å². The number of allylic oxidation sites excluding steroid dienone is 2. The number of rotatable bonds is 6. The lowest BCUT2D eigenvalue weighted by Crippen LogP contribution is -2.10. The fraction of sp³-hybridized carbons (Fsp3) is 0.833. The fourth-order valence-electron chi connectivity index (χ4n) is 1.58. The second kappa shape index (κ2) is 4.80. The van der Waals surface area contributed by atoms with Crippen LogP contribution in [0.4, 0.5) is 0 Å². The summed E-state index contributed by atoms with van der Waals surface area (Å²) in [6.45, 7) is 7.56. The van der Waals surface area contributed by atoms with Crippen LogP contribution in [0.2, 0.25) is 0 Å². The van der Waals surface area contributed by atoms with Gasteiger partial charge in [0.2, 0.25) is 0 Å². The van der Waals surface area contributed by atoms with E-state index in [1.807, 2.05) is 0 Å². The fourth-order valence-corrected chi connectivity index (χ4v) is 1.58. The van der Waals surface area contributed by atoms with Crippen molar-refractivity contribution in [3.63, 3.8) is 0 Å². The zero-order valence-electron chi connectivity index (χ0n) is 9.23. The first-order chi connectivity index (χ1) is 6.22. The third-order valence-electron chi connectivity index (χ3n) is 3.01. The molecule has 0 radical (unpaired) electrons. The Morgan fingerprint density at radius 3 is 2.62 bits per heavy atom. The Morgan fingerprint density at radius 1 is 1.46 bits per heavy atom. The molecule has 13 heavy (non-hydrogen) atoms. The van der Waals surface area contributed by atoms with Gasteiger partial charge in [0.15, 0.2) is 0 Å². The molecule has 1 heterocycles. The van der Waals surface area contributed by atoms with E-state index in [4.69, 9.17) is 4.74 Å². The number of epoxide rings is 1. The minimum Gasteiger partial charge on any atom is -0.370 e. The molecular formula is C12H22O. The van der Waals surface area contributed by atoms with Gasteiger partial charge in [0, 0.05) is 0 Å². The van der Waals surface area contributed by atoms with E-state index in [-0.39, 0.29) is 0 Å². The van der Waals surface area contributed by atoms with Gasteiger partial charge in [0.05, 0.1) is 12.2 Å². The Bertz CT molecular complexity index is 178. The molecule has 0 amide bonds. The molecule has 0 saturated carbocycles. The topological polar surface area (TPSA) is 12.5 Å². The molecule has 0 aromatic heterocycles. The van der Waals surface area contributed by atoms with E-state index in [2.05, 4.69) is 26.8 Å². The average molecular weight is 182 g/mol. The standard InChI is InChI=1S/C12H22O/c1-4-6-8-12(10-13-12)9-7-11(3)5-2/h5H,4,6-10H2,1-3H3. The van der Waals surface area contributed by atoms with Gasteiger partial charge in [-0.3, -0.25) is 0 Å². The van der Waals surface area contributed by atoms with Crippen LogP contribution in [0, 0.1) is 0 Å². The molecule has 0 aromatic carbocycles. The van der Waals surface area contributed by atoms with E-state index in [0.29, 0.717) is 5.60 Å². The summed E-state index contributed by atoms with van der Waals surface area (Å²) in [5.41, 5.74) is 1.78. The van der Waals surface area contributed by atoms with Gasteiger partial charge < -0.3 is 4.74 Å². The lowest BCUT2D eigenvalue weighted by atomic mass is 9.95. The quantitative estimate of drug-likeness (QED) is 0.451. The van der Waals surface area contributed by atoms with E-state index in [1.54, 1.807) is 0 Å². The Hall–Kier alpha value is -0.300. The van der Waals surface area contributed by atoms with Crippen LogP contribution in [0.3, 0.4) is 0 Å². The van der Waals surface area contributed by atoms with E-state index in [9.17, 15) is 0 Å². The number of hydrogen-bond acceptors (Lipinski definition) is 1. The van der Waals surface area contributed by atoms with E-state index in [1.165, 1.54) is 37.7 Å². The van der Waals surface area contributed by atoms with Crippen LogP contribution >= 0.6 is 0 Å². The summed E-state index contributed by atoms with van der Waals surface area (Å²) < 4.78 is 5.57. The highest BCUT2D eigenvalue weighted by Crippen LogP contribution is 2.38. The average Bonchev–Trinajstić information content (AvgIpc) is 2.92. The lowest BCUT2D eigenvalue weighted by molar-refractivity contribution is 0.269. The molecule has 1 aliphatic heterocycles. The second-order valence-corrected chi connectivity index (χ2v) is 4.21. The smallest absolute Gasteiger partial charge is 0.0919 e. The van der Waals surface area contributed by atoms with Gasteiger partial charge in [-0.1, -0.05) is 31.4 Å². The van der Waals surface area contributed by atoms with Crippen LogP contribution in [-0.4, -0.2) is 12.2 Å². The van der Waals surface area contributed by atoms with Gasteiger partial charge in [0.1, 0.15) is 0 Å². The summed E-state index contributed by atoms with van der Waals surface area (Å²) in [4.78, 5) is 0. The maximum atomic E-state index is 5.57. The van der Waals surface area contributed by atoms with Gasteiger partial charge in [-0.2, -0.15) is 0 Å². The molecule has 76 valence electrons. The zero-order valence-corrected chi connectivity index (χ0v) is 9.23. The Kier molecular flexibility index (Phi) is 3.98. The molecule has 1 fully saturated rings. The molecule has 0 spiro atoms. The first kappa shape index (κ1) is 10.8. The van der Waals surface area contributed by atoms with Crippen LogP contribution in [-0.2, 0) is 4.74 Å². The number of ether oxygens (including phenoxy) is 1. The monoisotopic (exact) mass is 182 g/mol. The predicted octanol–water partition coefficient (Wildman–Crippen LogP) is 3.69. The number of hydrogen-bond donors (Lipinski definition) is 0. The zero-order chi connectivity index (χ0) is 9.73. The molecule has 0 N–H and O–H groups in total. The summed E-state index contributed by atoms with van der Waals surface area (Å²) >= 11 is 0.